The van der Waals surface area contributed by atoms with E-state index in [0.29, 0.717) is 0 Å². The average Bonchev–Trinajstić information content (AvgIpc) is 2.45. The predicted octanol–water partition coefficient (Wildman–Crippen LogP) is -0.153. The normalized spacial score (nSPS) is 17.1. The van der Waals surface area contributed by atoms with E-state index >= 15 is 0 Å². The van der Waals surface area contributed by atoms with Crippen LogP contribution in [-0.4, -0.2) is 52.8 Å². The van der Waals surface area contributed by atoms with Crippen molar-refractivity contribution in [2.45, 2.75) is 37.9 Å². The SMILES string of the molecule is CO[C@H](C(=O)OCc1ccccc1)[C@@H](O)[C@H](O)[C@H](C)O. The van der Waals surface area contributed by atoms with Crippen molar-refractivity contribution in [3.63, 3.8) is 0 Å². The summed E-state index contributed by atoms with van der Waals surface area (Å²) in [6, 6.07) is 9.03. The second kappa shape index (κ2) is 7.96. The van der Waals surface area contributed by atoms with E-state index in [1.807, 2.05) is 18.2 Å². The average molecular weight is 284 g/mol. The first-order valence-corrected chi connectivity index (χ1v) is 6.25. The molecule has 0 aliphatic heterocycles. The predicted molar refractivity (Wildman–Crippen MR) is 70.7 cm³/mol. The van der Waals surface area contributed by atoms with Gasteiger partial charge in [0.15, 0.2) is 6.10 Å². The van der Waals surface area contributed by atoms with Crippen LogP contribution in [0, 0.1) is 0 Å². The molecular weight excluding hydrogens is 264 g/mol. The lowest BCUT2D eigenvalue weighted by atomic mass is 10.0. The minimum atomic E-state index is -1.57. The van der Waals surface area contributed by atoms with E-state index in [1.54, 1.807) is 12.1 Å². The molecule has 0 spiro atoms. The molecule has 0 saturated carbocycles. The molecule has 3 N–H and O–H groups in total. The van der Waals surface area contributed by atoms with Crippen LogP contribution in [-0.2, 0) is 20.9 Å². The van der Waals surface area contributed by atoms with Crippen LogP contribution in [0.15, 0.2) is 30.3 Å². The molecule has 4 atom stereocenters. The molecule has 0 radical (unpaired) electrons. The van der Waals surface area contributed by atoms with Gasteiger partial charge in [-0.15, -0.1) is 0 Å². The third-order valence-corrected chi connectivity index (χ3v) is 2.86. The van der Waals surface area contributed by atoms with Crippen LogP contribution in [0.25, 0.3) is 0 Å². The first-order chi connectivity index (χ1) is 9.47. The Morgan fingerprint density at radius 3 is 2.25 bits per heavy atom. The van der Waals surface area contributed by atoms with Gasteiger partial charge in [-0.3, -0.25) is 0 Å². The fraction of sp³-hybridized carbons (Fsp3) is 0.500. The van der Waals surface area contributed by atoms with Gasteiger partial charge in [0.05, 0.1) is 6.10 Å². The molecule has 0 bridgehead atoms. The van der Waals surface area contributed by atoms with Crippen molar-refractivity contribution >= 4 is 5.97 Å². The standard InChI is InChI=1S/C14H20O6/c1-9(15)11(16)12(17)13(19-2)14(18)20-8-10-6-4-3-5-7-10/h3-7,9,11-13,15-17H,8H2,1-2H3/t9-,11+,12-,13-/m0/s1. The number of hydrogen-bond acceptors (Lipinski definition) is 6. The minimum absolute atomic E-state index is 0.0387. The molecular formula is C14H20O6. The van der Waals surface area contributed by atoms with E-state index in [2.05, 4.69) is 0 Å². The number of carbonyl (C=O) groups excluding carboxylic acids is 1. The van der Waals surface area contributed by atoms with Gasteiger partial charge in [0, 0.05) is 7.11 Å². The number of aliphatic hydroxyl groups is 3. The van der Waals surface area contributed by atoms with Crippen LogP contribution < -0.4 is 0 Å². The summed E-state index contributed by atoms with van der Waals surface area (Å²) < 4.78 is 9.85. The Hall–Kier alpha value is -1.47. The summed E-state index contributed by atoms with van der Waals surface area (Å²) in [5.41, 5.74) is 0.793. The maximum atomic E-state index is 11.8. The Kier molecular flexibility index (Phi) is 6.60. The minimum Gasteiger partial charge on any atom is -0.459 e. The first kappa shape index (κ1) is 16.6. The zero-order chi connectivity index (χ0) is 15.1. The zero-order valence-corrected chi connectivity index (χ0v) is 11.5. The number of carbonyl (C=O) groups is 1. The van der Waals surface area contributed by atoms with Crippen molar-refractivity contribution in [2.75, 3.05) is 7.11 Å². The molecule has 0 aliphatic rings. The number of benzene rings is 1. The summed E-state index contributed by atoms with van der Waals surface area (Å²) in [5, 5.41) is 28.5. The lowest BCUT2D eigenvalue weighted by Gasteiger charge is -2.25. The Morgan fingerprint density at radius 1 is 1.15 bits per heavy atom. The van der Waals surface area contributed by atoms with Gasteiger partial charge in [-0.05, 0) is 12.5 Å². The number of aliphatic hydroxyl groups excluding tert-OH is 3. The largest absolute Gasteiger partial charge is 0.459 e. The molecule has 1 aromatic rings. The Balaban J connectivity index is 2.59. The maximum absolute atomic E-state index is 11.8. The Labute approximate surface area is 117 Å². The smallest absolute Gasteiger partial charge is 0.338 e. The summed E-state index contributed by atoms with van der Waals surface area (Å²) in [5.74, 6) is -0.802. The van der Waals surface area contributed by atoms with E-state index in [4.69, 9.17) is 9.47 Å². The van der Waals surface area contributed by atoms with Crippen LogP contribution in [0.3, 0.4) is 0 Å². The van der Waals surface area contributed by atoms with E-state index in [0.717, 1.165) is 5.56 Å². The van der Waals surface area contributed by atoms with Crippen molar-refractivity contribution in [1.82, 2.24) is 0 Å². The number of hydrogen-bond donors (Lipinski definition) is 3. The molecule has 1 rings (SSSR count). The van der Waals surface area contributed by atoms with Crippen LogP contribution in [0.2, 0.25) is 0 Å². The van der Waals surface area contributed by atoms with Gasteiger partial charge in [-0.1, -0.05) is 30.3 Å². The highest BCUT2D eigenvalue weighted by Gasteiger charge is 2.35. The van der Waals surface area contributed by atoms with E-state index in [9.17, 15) is 20.1 Å². The van der Waals surface area contributed by atoms with E-state index in [1.165, 1.54) is 14.0 Å². The fourth-order valence-corrected chi connectivity index (χ4v) is 1.65. The lowest BCUT2D eigenvalue weighted by molar-refractivity contribution is -0.173. The molecule has 20 heavy (non-hydrogen) atoms. The van der Waals surface area contributed by atoms with Gasteiger partial charge in [0.1, 0.15) is 18.8 Å². The molecule has 6 nitrogen and oxygen atoms in total. The second-order valence-corrected chi connectivity index (χ2v) is 4.47. The molecule has 0 aromatic heterocycles. The highest BCUT2D eigenvalue weighted by atomic mass is 16.6. The van der Waals surface area contributed by atoms with Crippen LogP contribution >= 0.6 is 0 Å². The monoisotopic (exact) mass is 284 g/mol. The van der Waals surface area contributed by atoms with Crippen molar-refractivity contribution in [1.29, 1.82) is 0 Å². The first-order valence-electron chi connectivity index (χ1n) is 6.25. The Morgan fingerprint density at radius 2 is 1.75 bits per heavy atom. The van der Waals surface area contributed by atoms with Gasteiger partial charge in [0.2, 0.25) is 0 Å². The van der Waals surface area contributed by atoms with Crippen molar-refractivity contribution in [3.05, 3.63) is 35.9 Å². The molecule has 0 amide bonds. The van der Waals surface area contributed by atoms with Crippen LogP contribution in [0.4, 0.5) is 0 Å². The molecule has 112 valence electrons. The number of esters is 1. The van der Waals surface area contributed by atoms with Gasteiger partial charge >= 0.3 is 5.97 Å². The molecule has 0 heterocycles. The second-order valence-electron chi connectivity index (χ2n) is 4.47. The maximum Gasteiger partial charge on any atom is 0.338 e. The summed E-state index contributed by atoms with van der Waals surface area (Å²) in [4.78, 5) is 11.8. The molecule has 0 aliphatic carbocycles. The van der Waals surface area contributed by atoms with Gasteiger partial charge in [-0.2, -0.15) is 0 Å². The van der Waals surface area contributed by atoms with Crippen molar-refractivity contribution in [2.24, 2.45) is 0 Å². The Bertz CT molecular complexity index is 405. The summed E-state index contributed by atoms with van der Waals surface area (Å²) in [6.45, 7) is 1.34. The van der Waals surface area contributed by atoms with Crippen molar-refractivity contribution in [3.8, 4) is 0 Å². The summed E-state index contributed by atoms with van der Waals surface area (Å²) >= 11 is 0. The number of rotatable bonds is 7. The summed E-state index contributed by atoms with van der Waals surface area (Å²) in [6.07, 6.45) is -5.61. The van der Waals surface area contributed by atoms with Gasteiger partial charge in [0.25, 0.3) is 0 Å². The quantitative estimate of drug-likeness (QED) is 0.602. The van der Waals surface area contributed by atoms with E-state index in [-0.39, 0.29) is 6.61 Å². The molecule has 1 aromatic carbocycles. The third kappa shape index (κ3) is 4.57. The van der Waals surface area contributed by atoms with Crippen LogP contribution in [0.1, 0.15) is 12.5 Å². The molecule has 0 unspecified atom stereocenters. The molecule has 0 saturated heterocycles. The van der Waals surface area contributed by atoms with Gasteiger partial charge in [-0.25, -0.2) is 4.79 Å². The lowest BCUT2D eigenvalue weighted by Crippen LogP contribution is -2.48. The van der Waals surface area contributed by atoms with Gasteiger partial charge < -0.3 is 24.8 Å². The zero-order valence-electron chi connectivity index (χ0n) is 11.5. The third-order valence-electron chi connectivity index (χ3n) is 2.86. The number of ether oxygens (including phenoxy) is 2. The fourth-order valence-electron chi connectivity index (χ4n) is 1.65. The molecule has 6 heteroatoms. The number of methoxy groups -OCH3 is 1. The topological polar surface area (TPSA) is 96.2 Å². The highest BCUT2D eigenvalue weighted by molar-refractivity contribution is 5.75. The highest BCUT2D eigenvalue weighted by Crippen LogP contribution is 2.11. The van der Waals surface area contributed by atoms with E-state index < -0.39 is 30.4 Å². The van der Waals surface area contributed by atoms with Crippen molar-refractivity contribution < 1.29 is 29.6 Å². The summed E-state index contributed by atoms with van der Waals surface area (Å²) in [7, 11) is 1.21. The molecule has 0 fully saturated rings. The van der Waals surface area contributed by atoms with Crippen LogP contribution in [0.5, 0.6) is 0 Å².